The van der Waals surface area contributed by atoms with Crippen LogP contribution < -0.4 is 5.32 Å². The van der Waals surface area contributed by atoms with Crippen molar-refractivity contribution in [2.45, 2.75) is 26.3 Å². The first-order valence-corrected chi connectivity index (χ1v) is 8.02. The first-order valence-electron chi connectivity index (χ1n) is 7.14. The quantitative estimate of drug-likeness (QED) is 0.883. The van der Waals surface area contributed by atoms with E-state index >= 15 is 0 Å². The minimum Gasteiger partial charge on any atom is -0.385 e. The van der Waals surface area contributed by atoms with E-state index in [1.54, 1.807) is 22.4 Å². The van der Waals surface area contributed by atoms with E-state index in [2.05, 4.69) is 17.2 Å². The van der Waals surface area contributed by atoms with Gasteiger partial charge in [0.1, 0.15) is 5.69 Å². The number of thiophene rings is 1. The number of carbonyl (C=O) groups is 1. The normalized spacial score (nSPS) is 12.0. The lowest BCUT2D eigenvalue weighted by Crippen LogP contribution is -2.30. The Morgan fingerprint density at radius 1 is 1.48 bits per heavy atom. The number of nitrogens with one attached hydrogen (secondary N) is 1. The Labute approximate surface area is 129 Å². The summed E-state index contributed by atoms with van der Waals surface area (Å²) in [5.41, 5.74) is 1.41. The molecule has 0 bridgehead atoms. The third-order valence-corrected chi connectivity index (χ3v) is 4.46. The van der Waals surface area contributed by atoms with Gasteiger partial charge in [0.15, 0.2) is 0 Å². The second kappa shape index (κ2) is 7.22. The molecule has 1 amide bonds. The van der Waals surface area contributed by atoms with Crippen LogP contribution >= 0.6 is 11.3 Å². The summed E-state index contributed by atoms with van der Waals surface area (Å²) < 4.78 is 0. The van der Waals surface area contributed by atoms with Gasteiger partial charge in [0.05, 0.1) is 6.04 Å². The van der Waals surface area contributed by atoms with Gasteiger partial charge < -0.3 is 10.2 Å². The number of anilines is 1. The van der Waals surface area contributed by atoms with Gasteiger partial charge in [0, 0.05) is 30.4 Å². The molecule has 0 aliphatic heterocycles. The molecule has 0 aliphatic rings. The molecule has 0 radical (unpaired) electrons. The first-order chi connectivity index (χ1) is 10.1. The van der Waals surface area contributed by atoms with Gasteiger partial charge in [-0.25, -0.2) is 0 Å². The van der Waals surface area contributed by atoms with E-state index < -0.39 is 0 Å². The number of rotatable bonds is 6. The summed E-state index contributed by atoms with van der Waals surface area (Å²) in [6.45, 7) is 5.03. The van der Waals surface area contributed by atoms with Crippen LogP contribution in [0.4, 0.5) is 5.69 Å². The molecule has 4 nitrogen and oxygen atoms in total. The molecule has 0 aromatic carbocycles. The molecular weight excluding hydrogens is 282 g/mol. The Bertz CT molecular complexity index is 583. The molecule has 1 atom stereocenters. The summed E-state index contributed by atoms with van der Waals surface area (Å²) in [5.74, 6) is -0.0592. The van der Waals surface area contributed by atoms with Crippen LogP contribution in [0.15, 0.2) is 35.8 Å². The minimum atomic E-state index is -0.0592. The van der Waals surface area contributed by atoms with Crippen molar-refractivity contribution < 1.29 is 4.79 Å². The summed E-state index contributed by atoms with van der Waals surface area (Å²) in [4.78, 5) is 19.7. The number of pyridine rings is 1. The van der Waals surface area contributed by atoms with Gasteiger partial charge in [-0.2, -0.15) is 0 Å². The van der Waals surface area contributed by atoms with Crippen LogP contribution in [0.1, 0.15) is 41.7 Å². The minimum absolute atomic E-state index is 0.0477. The highest BCUT2D eigenvalue weighted by molar-refractivity contribution is 7.10. The molecule has 2 aromatic heterocycles. The zero-order valence-corrected chi connectivity index (χ0v) is 13.5. The summed E-state index contributed by atoms with van der Waals surface area (Å²) in [6, 6.07) is 7.80. The number of nitrogens with zero attached hydrogens (tertiary/aromatic N) is 2. The lowest BCUT2D eigenvalue weighted by atomic mass is 10.2. The smallest absolute Gasteiger partial charge is 0.272 e. The average molecular weight is 303 g/mol. The molecule has 0 aliphatic carbocycles. The Morgan fingerprint density at radius 3 is 2.95 bits per heavy atom. The highest BCUT2D eigenvalue weighted by Gasteiger charge is 2.20. The number of hydrogen-bond acceptors (Lipinski definition) is 4. The van der Waals surface area contributed by atoms with Crippen molar-refractivity contribution in [1.29, 1.82) is 0 Å². The predicted octanol–water partition coefficient (Wildman–Crippen LogP) is 3.80. The molecular formula is C16H21N3OS. The van der Waals surface area contributed by atoms with Crippen molar-refractivity contribution in [3.05, 3.63) is 46.4 Å². The van der Waals surface area contributed by atoms with Gasteiger partial charge >= 0.3 is 0 Å². The van der Waals surface area contributed by atoms with E-state index in [1.807, 2.05) is 43.6 Å². The molecule has 0 fully saturated rings. The third kappa shape index (κ3) is 3.82. The molecule has 1 N–H and O–H groups in total. The van der Waals surface area contributed by atoms with E-state index in [9.17, 15) is 4.79 Å². The third-order valence-electron chi connectivity index (χ3n) is 3.41. The summed E-state index contributed by atoms with van der Waals surface area (Å²) in [6.07, 6.45) is 2.72. The topological polar surface area (TPSA) is 45.2 Å². The van der Waals surface area contributed by atoms with Gasteiger partial charge in [-0.1, -0.05) is 13.0 Å². The second-order valence-corrected chi connectivity index (χ2v) is 5.94. The highest BCUT2D eigenvalue weighted by atomic mass is 32.1. The molecule has 0 saturated carbocycles. The van der Waals surface area contributed by atoms with Crippen LogP contribution in [0, 0.1) is 0 Å². The van der Waals surface area contributed by atoms with E-state index in [0.717, 1.165) is 18.7 Å². The van der Waals surface area contributed by atoms with Gasteiger partial charge in [0.2, 0.25) is 0 Å². The standard InChI is InChI=1S/C16H21N3OS/c1-4-8-17-13-7-9-18-14(11-13)16(20)19(3)12(2)15-6-5-10-21-15/h5-7,9-12H,4,8H2,1-3H3,(H,17,18). The van der Waals surface area contributed by atoms with Crippen molar-refractivity contribution in [1.82, 2.24) is 9.88 Å². The van der Waals surface area contributed by atoms with Crippen molar-refractivity contribution in [2.24, 2.45) is 0 Å². The van der Waals surface area contributed by atoms with Crippen molar-refractivity contribution in [3.63, 3.8) is 0 Å². The zero-order chi connectivity index (χ0) is 15.2. The Morgan fingerprint density at radius 2 is 2.29 bits per heavy atom. The van der Waals surface area contributed by atoms with Gasteiger partial charge in [-0.3, -0.25) is 9.78 Å². The van der Waals surface area contributed by atoms with E-state index in [-0.39, 0.29) is 11.9 Å². The molecule has 21 heavy (non-hydrogen) atoms. The van der Waals surface area contributed by atoms with Crippen LogP contribution in [-0.2, 0) is 0 Å². The Balaban J connectivity index is 2.11. The number of amides is 1. The summed E-state index contributed by atoms with van der Waals surface area (Å²) in [7, 11) is 1.82. The maximum Gasteiger partial charge on any atom is 0.272 e. The molecule has 2 aromatic rings. The molecule has 2 rings (SSSR count). The lowest BCUT2D eigenvalue weighted by molar-refractivity contribution is 0.0739. The molecule has 112 valence electrons. The zero-order valence-electron chi connectivity index (χ0n) is 12.7. The molecule has 2 heterocycles. The van der Waals surface area contributed by atoms with E-state index in [1.165, 1.54) is 4.88 Å². The van der Waals surface area contributed by atoms with Crippen LogP contribution in [0.2, 0.25) is 0 Å². The fourth-order valence-electron chi connectivity index (χ4n) is 2.00. The maximum atomic E-state index is 12.5. The summed E-state index contributed by atoms with van der Waals surface area (Å²) >= 11 is 1.66. The first kappa shape index (κ1) is 15.5. The number of aromatic nitrogens is 1. The number of carbonyl (C=O) groups excluding carboxylic acids is 1. The van der Waals surface area contributed by atoms with Crippen LogP contribution in [0.25, 0.3) is 0 Å². The van der Waals surface area contributed by atoms with Crippen molar-refractivity contribution in [2.75, 3.05) is 18.9 Å². The molecule has 5 heteroatoms. The lowest BCUT2D eigenvalue weighted by Gasteiger charge is -2.23. The van der Waals surface area contributed by atoms with Gasteiger partial charge in [0.25, 0.3) is 5.91 Å². The van der Waals surface area contributed by atoms with Crippen molar-refractivity contribution >= 4 is 22.9 Å². The largest absolute Gasteiger partial charge is 0.385 e. The van der Waals surface area contributed by atoms with Crippen LogP contribution in [-0.4, -0.2) is 29.4 Å². The predicted molar refractivity (Wildman–Crippen MR) is 87.8 cm³/mol. The fourth-order valence-corrected chi connectivity index (χ4v) is 2.83. The van der Waals surface area contributed by atoms with Crippen molar-refractivity contribution in [3.8, 4) is 0 Å². The maximum absolute atomic E-state index is 12.5. The van der Waals surface area contributed by atoms with E-state index in [4.69, 9.17) is 0 Å². The van der Waals surface area contributed by atoms with Crippen LogP contribution in [0.3, 0.4) is 0 Å². The second-order valence-electron chi connectivity index (χ2n) is 4.96. The SMILES string of the molecule is CCCNc1ccnc(C(=O)N(C)C(C)c2cccs2)c1. The monoisotopic (exact) mass is 303 g/mol. The Kier molecular flexibility index (Phi) is 5.33. The number of hydrogen-bond donors (Lipinski definition) is 1. The molecule has 0 spiro atoms. The van der Waals surface area contributed by atoms with Gasteiger partial charge in [-0.05, 0) is 36.9 Å². The van der Waals surface area contributed by atoms with Crippen LogP contribution in [0.5, 0.6) is 0 Å². The molecule has 1 unspecified atom stereocenters. The Hall–Kier alpha value is -1.88. The van der Waals surface area contributed by atoms with E-state index in [0.29, 0.717) is 5.69 Å². The van der Waals surface area contributed by atoms with Gasteiger partial charge in [-0.15, -0.1) is 11.3 Å². The average Bonchev–Trinajstić information content (AvgIpc) is 3.05. The highest BCUT2D eigenvalue weighted by Crippen LogP contribution is 2.24. The fraction of sp³-hybridized carbons (Fsp3) is 0.375. The summed E-state index contributed by atoms with van der Waals surface area (Å²) in [5, 5.41) is 5.30. The molecule has 0 saturated heterocycles.